The number of nitrogens with zero attached hydrogens (tertiary/aromatic N) is 4. The van der Waals surface area contributed by atoms with E-state index in [0.717, 1.165) is 68.9 Å². The molecule has 0 saturated carbocycles. The van der Waals surface area contributed by atoms with Crippen molar-refractivity contribution in [3.05, 3.63) is 42.1 Å². The van der Waals surface area contributed by atoms with Crippen molar-refractivity contribution < 1.29 is 9.26 Å². The van der Waals surface area contributed by atoms with Gasteiger partial charge in [-0.25, -0.2) is 4.99 Å². The molecule has 2 fully saturated rings. The average Bonchev–Trinajstić information content (AvgIpc) is 3.43. The Bertz CT molecular complexity index is 770. The molecule has 2 aliphatic rings. The zero-order chi connectivity index (χ0) is 19.2. The van der Waals surface area contributed by atoms with E-state index >= 15 is 0 Å². The average molecular weight is 383 g/mol. The summed E-state index contributed by atoms with van der Waals surface area (Å²) in [5.74, 6) is 1.74. The minimum absolute atomic E-state index is 0.511. The first-order chi connectivity index (χ1) is 13.8. The summed E-state index contributed by atoms with van der Waals surface area (Å²) in [5.41, 5.74) is 1.88. The van der Waals surface area contributed by atoms with Crippen molar-refractivity contribution >= 4 is 5.96 Å². The molecule has 1 N–H and O–H groups in total. The van der Waals surface area contributed by atoms with E-state index in [1.165, 1.54) is 6.42 Å². The predicted molar refractivity (Wildman–Crippen MR) is 109 cm³/mol. The van der Waals surface area contributed by atoms with Gasteiger partial charge in [0.2, 0.25) is 0 Å². The maximum Gasteiger partial charge on any atom is 0.194 e. The third kappa shape index (κ3) is 4.54. The summed E-state index contributed by atoms with van der Waals surface area (Å²) < 4.78 is 11.0. The molecule has 1 atom stereocenters. The van der Waals surface area contributed by atoms with E-state index in [4.69, 9.17) is 14.3 Å². The Morgan fingerprint density at radius 1 is 1.21 bits per heavy atom. The van der Waals surface area contributed by atoms with Crippen LogP contribution < -0.4 is 5.32 Å². The van der Waals surface area contributed by atoms with Gasteiger partial charge in [-0.3, -0.25) is 4.90 Å². The molecule has 2 aliphatic heterocycles. The van der Waals surface area contributed by atoms with Gasteiger partial charge in [-0.05, 0) is 13.3 Å². The number of benzene rings is 1. The number of hydrogen-bond acceptors (Lipinski definition) is 5. The van der Waals surface area contributed by atoms with E-state index in [-0.39, 0.29) is 0 Å². The lowest BCUT2D eigenvalue weighted by molar-refractivity contribution is 0.0195. The van der Waals surface area contributed by atoms with Crippen molar-refractivity contribution in [3.8, 4) is 11.3 Å². The van der Waals surface area contributed by atoms with Gasteiger partial charge in [0.15, 0.2) is 11.7 Å². The molecule has 28 heavy (non-hydrogen) atoms. The van der Waals surface area contributed by atoms with Gasteiger partial charge in [-0.1, -0.05) is 35.5 Å². The first-order valence-electron chi connectivity index (χ1n) is 10.2. The summed E-state index contributed by atoms with van der Waals surface area (Å²) in [4.78, 5) is 9.73. The van der Waals surface area contributed by atoms with Gasteiger partial charge in [0, 0.05) is 50.4 Å². The largest absolute Gasteiger partial charge is 0.379 e. The SMILES string of the molecule is CCNC(=NCc1cc(-c2ccccc2)on1)N1CCC(N2CCOCC2)C1. The fraction of sp³-hybridized carbons (Fsp3) is 0.524. The molecular weight excluding hydrogens is 354 g/mol. The Morgan fingerprint density at radius 2 is 2.04 bits per heavy atom. The van der Waals surface area contributed by atoms with Crippen molar-refractivity contribution in [2.45, 2.75) is 25.9 Å². The molecule has 1 unspecified atom stereocenters. The second-order valence-corrected chi connectivity index (χ2v) is 7.26. The van der Waals surface area contributed by atoms with Gasteiger partial charge in [0.1, 0.15) is 5.69 Å². The highest BCUT2D eigenvalue weighted by atomic mass is 16.5. The Morgan fingerprint density at radius 3 is 2.82 bits per heavy atom. The van der Waals surface area contributed by atoms with Crippen molar-refractivity contribution in [1.29, 1.82) is 0 Å². The quantitative estimate of drug-likeness (QED) is 0.631. The third-order valence-electron chi connectivity index (χ3n) is 5.37. The van der Waals surface area contributed by atoms with Crippen LogP contribution in [0.1, 0.15) is 19.0 Å². The summed E-state index contributed by atoms with van der Waals surface area (Å²) in [5, 5.41) is 7.62. The third-order valence-corrected chi connectivity index (χ3v) is 5.37. The molecule has 7 heteroatoms. The van der Waals surface area contributed by atoms with E-state index in [9.17, 15) is 0 Å². The molecule has 2 aromatic rings. The smallest absolute Gasteiger partial charge is 0.194 e. The number of hydrogen-bond donors (Lipinski definition) is 1. The Balaban J connectivity index is 1.39. The van der Waals surface area contributed by atoms with Crippen molar-refractivity contribution in [1.82, 2.24) is 20.3 Å². The van der Waals surface area contributed by atoms with Crippen LogP contribution in [0.5, 0.6) is 0 Å². The van der Waals surface area contributed by atoms with Gasteiger partial charge in [0.05, 0.1) is 19.8 Å². The zero-order valence-electron chi connectivity index (χ0n) is 16.5. The van der Waals surface area contributed by atoms with Gasteiger partial charge >= 0.3 is 0 Å². The number of aromatic nitrogens is 1. The molecule has 4 rings (SSSR count). The number of morpholine rings is 1. The summed E-state index contributed by atoms with van der Waals surface area (Å²) in [6, 6.07) is 12.6. The fourth-order valence-electron chi connectivity index (χ4n) is 3.88. The number of nitrogens with one attached hydrogen (secondary N) is 1. The van der Waals surface area contributed by atoms with Gasteiger partial charge in [-0.15, -0.1) is 0 Å². The lowest BCUT2D eigenvalue weighted by Crippen LogP contribution is -2.46. The van der Waals surface area contributed by atoms with Gasteiger partial charge in [-0.2, -0.15) is 0 Å². The molecule has 3 heterocycles. The van der Waals surface area contributed by atoms with Gasteiger partial charge < -0.3 is 19.5 Å². The molecule has 0 spiro atoms. The van der Waals surface area contributed by atoms with Crippen molar-refractivity contribution in [2.24, 2.45) is 4.99 Å². The van der Waals surface area contributed by atoms with Crippen LogP contribution in [0.15, 0.2) is 45.9 Å². The van der Waals surface area contributed by atoms with Crippen LogP contribution in [0.25, 0.3) is 11.3 Å². The number of rotatable bonds is 5. The van der Waals surface area contributed by atoms with Crippen molar-refractivity contribution in [3.63, 3.8) is 0 Å². The zero-order valence-corrected chi connectivity index (χ0v) is 16.5. The lowest BCUT2D eigenvalue weighted by Gasteiger charge is -2.32. The van der Waals surface area contributed by atoms with Gasteiger partial charge in [0.25, 0.3) is 0 Å². The molecular formula is C21H29N5O2. The minimum atomic E-state index is 0.511. The van der Waals surface area contributed by atoms with Crippen LogP contribution in [-0.4, -0.2) is 72.9 Å². The normalized spacial score (nSPS) is 21.2. The molecule has 150 valence electrons. The molecule has 0 radical (unpaired) electrons. The molecule has 0 aliphatic carbocycles. The molecule has 1 aromatic heterocycles. The number of ether oxygens (including phenoxy) is 1. The first-order valence-corrected chi connectivity index (χ1v) is 10.2. The highest BCUT2D eigenvalue weighted by Gasteiger charge is 2.30. The second-order valence-electron chi connectivity index (χ2n) is 7.26. The van der Waals surface area contributed by atoms with Crippen LogP contribution >= 0.6 is 0 Å². The highest BCUT2D eigenvalue weighted by molar-refractivity contribution is 5.80. The highest BCUT2D eigenvalue weighted by Crippen LogP contribution is 2.21. The fourth-order valence-corrected chi connectivity index (χ4v) is 3.88. The van der Waals surface area contributed by atoms with Crippen molar-refractivity contribution in [2.75, 3.05) is 45.9 Å². The van der Waals surface area contributed by atoms with Crippen LogP contribution in [0.4, 0.5) is 0 Å². The number of aliphatic imine (C=N–C) groups is 1. The Labute approximate surface area is 166 Å². The van der Waals surface area contributed by atoms with Crippen LogP contribution in [0, 0.1) is 0 Å². The first kappa shape index (κ1) is 19.0. The summed E-state index contributed by atoms with van der Waals surface area (Å²) in [7, 11) is 0. The van der Waals surface area contributed by atoms with Crippen LogP contribution in [0.2, 0.25) is 0 Å². The number of guanidine groups is 1. The molecule has 1 aromatic carbocycles. The second kappa shape index (κ2) is 9.21. The Hall–Kier alpha value is -2.38. The molecule has 0 bridgehead atoms. The maximum atomic E-state index is 5.49. The van der Waals surface area contributed by atoms with Crippen LogP contribution in [0.3, 0.4) is 0 Å². The van der Waals surface area contributed by atoms with E-state index in [1.807, 2.05) is 36.4 Å². The van der Waals surface area contributed by atoms with E-state index in [1.54, 1.807) is 0 Å². The van der Waals surface area contributed by atoms with E-state index in [0.29, 0.717) is 12.6 Å². The standard InChI is InChI=1S/C21H29N5O2/c1-2-22-21(26-9-8-19(16-26)25-10-12-27-13-11-25)23-15-18-14-20(28-24-18)17-6-4-3-5-7-17/h3-7,14,19H,2,8-13,15-16H2,1H3,(H,22,23). The van der Waals surface area contributed by atoms with E-state index in [2.05, 4.69) is 27.2 Å². The summed E-state index contributed by atoms with van der Waals surface area (Å²) in [6.07, 6.45) is 1.17. The predicted octanol–water partition coefficient (Wildman–Crippen LogP) is 2.21. The molecule has 2 saturated heterocycles. The minimum Gasteiger partial charge on any atom is -0.379 e. The summed E-state index contributed by atoms with van der Waals surface area (Å²) >= 11 is 0. The monoisotopic (exact) mass is 383 g/mol. The maximum absolute atomic E-state index is 5.49. The Kier molecular flexibility index (Phi) is 6.24. The molecule has 0 amide bonds. The summed E-state index contributed by atoms with van der Waals surface area (Å²) in [6.45, 7) is 9.28. The molecule has 7 nitrogen and oxygen atoms in total. The number of likely N-dealkylation sites (tertiary alicyclic amines) is 1. The topological polar surface area (TPSA) is 66.1 Å². The lowest BCUT2D eigenvalue weighted by atomic mass is 10.2. The van der Waals surface area contributed by atoms with Crippen LogP contribution in [-0.2, 0) is 11.3 Å². The van der Waals surface area contributed by atoms with E-state index < -0.39 is 0 Å².